The van der Waals surface area contributed by atoms with Crippen LogP contribution >= 0.6 is 0 Å². The van der Waals surface area contributed by atoms with E-state index in [1.807, 2.05) is 30.3 Å². The zero-order chi connectivity index (χ0) is 16.8. The third-order valence-corrected chi connectivity index (χ3v) is 3.74. The molecular weight excluding hydrogens is 306 g/mol. The fraction of sp³-hybridized carbons (Fsp3) is 0.222. The normalized spacial score (nSPS) is 13.5. The molecule has 124 valence electrons. The molecule has 1 heterocycles. The Kier molecular flexibility index (Phi) is 4.96. The van der Waals surface area contributed by atoms with Crippen LogP contribution in [0.2, 0.25) is 0 Å². The molecule has 3 rings (SSSR count). The van der Waals surface area contributed by atoms with E-state index in [0.717, 1.165) is 12.1 Å². The van der Waals surface area contributed by atoms with Gasteiger partial charge in [0.25, 0.3) is 0 Å². The lowest BCUT2D eigenvalue weighted by molar-refractivity contribution is 0.181. The van der Waals surface area contributed by atoms with Crippen LogP contribution in [-0.2, 0) is 11.2 Å². The number of rotatable bonds is 5. The van der Waals surface area contributed by atoms with E-state index in [-0.39, 0.29) is 12.1 Å². The molecular formula is C18H19N3O3. The molecule has 0 radical (unpaired) electrons. The summed E-state index contributed by atoms with van der Waals surface area (Å²) >= 11 is 0. The quantitative estimate of drug-likeness (QED) is 0.888. The Morgan fingerprint density at radius 1 is 1.08 bits per heavy atom. The Labute approximate surface area is 140 Å². The summed E-state index contributed by atoms with van der Waals surface area (Å²) in [5.41, 5.74) is 2.61. The van der Waals surface area contributed by atoms with Crippen molar-refractivity contribution in [2.24, 2.45) is 0 Å². The predicted octanol–water partition coefficient (Wildman–Crippen LogP) is 3.01. The zero-order valence-corrected chi connectivity index (χ0v) is 13.2. The third-order valence-electron chi connectivity index (χ3n) is 3.74. The highest BCUT2D eigenvalue weighted by molar-refractivity contribution is 5.91. The predicted molar refractivity (Wildman–Crippen MR) is 92.3 cm³/mol. The van der Waals surface area contributed by atoms with Gasteiger partial charge in [0.1, 0.15) is 6.61 Å². The molecule has 6 nitrogen and oxygen atoms in total. The number of nitrogens with zero attached hydrogens (tertiary/aromatic N) is 1. The Hall–Kier alpha value is -3.02. The first kappa shape index (κ1) is 15.9. The Balaban J connectivity index is 1.47. The van der Waals surface area contributed by atoms with E-state index in [1.54, 1.807) is 29.2 Å². The Morgan fingerprint density at radius 2 is 1.83 bits per heavy atom. The van der Waals surface area contributed by atoms with Crippen molar-refractivity contribution >= 4 is 23.5 Å². The minimum atomic E-state index is -0.339. The number of hydrogen-bond donors (Lipinski definition) is 2. The number of carbonyl (C=O) groups excluding carboxylic acids is 2. The molecule has 0 atom stereocenters. The summed E-state index contributed by atoms with van der Waals surface area (Å²) in [6.07, 6.45) is 0.443. The molecule has 0 aliphatic carbocycles. The van der Waals surface area contributed by atoms with Crippen molar-refractivity contribution in [1.29, 1.82) is 0 Å². The largest absolute Gasteiger partial charge is 0.447 e. The van der Waals surface area contributed by atoms with Crippen LogP contribution in [0.5, 0.6) is 0 Å². The minimum Gasteiger partial charge on any atom is -0.447 e. The lowest BCUT2D eigenvalue weighted by Gasteiger charge is -2.13. The molecule has 1 saturated heterocycles. The van der Waals surface area contributed by atoms with E-state index in [0.29, 0.717) is 25.4 Å². The van der Waals surface area contributed by atoms with Crippen molar-refractivity contribution in [3.63, 3.8) is 0 Å². The highest BCUT2D eigenvalue weighted by atomic mass is 16.6. The van der Waals surface area contributed by atoms with Gasteiger partial charge in [-0.3, -0.25) is 4.90 Å². The zero-order valence-electron chi connectivity index (χ0n) is 13.2. The van der Waals surface area contributed by atoms with Crippen molar-refractivity contribution < 1.29 is 14.3 Å². The van der Waals surface area contributed by atoms with Crippen LogP contribution in [0.15, 0.2) is 54.6 Å². The lowest BCUT2D eigenvalue weighted by Crippen LogP contribution is -2.30. The molecule has 2 aromatic carbocycles. The van der Waals surface area contributed by atoms with Gasteiger partial charge in [0.05, 0.1) is 6.54 Å². The molecule has 0 saturated carbocycles. The van der Waals surface area contributed by atoms with Gasteiger partial charge in [-0.25, -0.2) is 9.59 Å². The molecule has 2 N–H and O–H groups in total. The van der Waals surface area contributed by atoms with E-state index in [9.17, 15) is 9.59 Å². The van der Waals surface area contributed by atoms with Crippen molar-refractivity contribution in [3.05, 3.63) is 60.2 Å². The average molecular weight is 325 g/mol. The van der Waals surface area contributed by atoms with Crippen molar-refractivity contribution in [2.75, 3.05) is 29.9 Å². The van der Waals surface area contributed by atoms with Gasteiger partial charge in [-0.15, -0.1) is 0 Å². The van der Waals surface area contributed by atoms with Crippen LogP contribution in [0.1, 0.15) is 5.56 Å². The summed E-state index contributed by atoms with van der Waals surface area (Å²) in [5.74, 6) is 0. The number of benzene rings is 2. The summed E-state index contributed by atoms with van der Waals surface area (Å²) < 4.78 is 4.90. The maximum atomic E-state index is 11.9. The van der Waals surface area contributed by atoms with Crippen LogP contribution in [0.3, 0.4) is 0 Å². The fourth-order valence-corrected chi connectivity index (χ4v) is 2.49. The van der Waals surface area contributed by atoms with E-state index in [1.165, 1.54) is 5.56 Å². The average Bonchev–Trinajstić information content (AvgIpc) is 3.03. The van der Waals surface area contributed by atoms with Crippen LogP contribution < -0.4 is 15.5 Å². The third kappa shape index (κ3) is 4.04. The fourth-order valence-electron chi connectivity index (χ4n) is 2.49. The Morgan fingerprint density at radius 3 is 2.50 bits per heavy atom. The number of anilines is 2. The molecule has 3 amide bonds. The SMILES string of the molecule is O=C(NCCc1ccccc1)Nc1ccc(N2CCOC2=O)cc1. The Bertz CT molecular complexity index is 701. The van der Waals surface area contributed by atoms with Gasteiger partial charge in [-0.05, 0) is 36.2 Å². The summed E-state index contributed by atoms with van der Waals surface area (Å²) in [7, 11) is 0. The van der Waals surface area contributed by atoms with E-state index in [2.05, 4.69) is 10.6 Å². The number of urea groups is 1. The topological polar surface area (TPSA) is 70.7 Å². The summed E-state index contributed by atoms with van der Waals surface area (Å²) in [6, 6.07) is 16.8. The number of ether oxygens (including phenoxy) is 1. The second-order valence-electron chi connectivity index (χ2n) is 5.43. The molecule has 0 bridgehead atoms. The van der Waals surface area contributed by atoms with Gasteiger partial charge in [0.15, 0.2) is 0 Å². The molecule has 2 aromatic rings. The first-order valence-electron chi connectivity index (χ1n) is 7.85. The highest BCUT2D eigenvalue weighted by Crippen LogP contribution is 2.20. The lowest BCUT2D eigenvalue weighted by atomic mass is 10.1. The standard InChI is InChI=1S/C18H19N3O3/c22-17(19-11-10-14-4-2-1-3-5-14)20-15-6-8-16(9-7-15)21-12-13-24-18(21)23/h1-9H,10-13H2,(H2,19,20,22). The second-order valence-corrected chi connectivity index (χ2v) is 5.43. The van der Waals surface area contributed by atoms with Gasteiger partial charge in [-0.2, -0.15) is 0 Å². The van der Waals surface area contributed by atoms with Crippen LogP contribution in [0.4, 0.5) is 21.0 Å². The number of cyclic esters (lactones) is 1. The van der Waals surface area contributed by atoms with Crippen molar-refractivity contribution in [3.8, 4) is 0 Å². The van der Waals surface area contributed by atoms with E-state index < -0.39 is 0 Å². The van der Waals surface area contributed by atoms with Gasteiger partial charge in [0, 0.05) is 17.9 Å². The van der Waals surface area contributed by atoms with Crippen LogP contribution in [-0.4, -0.2) is 31.8 Å². The monoisotopic (exact) mass is 325 g/mol. The summed E-state index contributed by atoms with van der Waals surface area (Å²) in [6.45, 7) is 1.52. The molecule has 1 fully saturated rings. The first-order chi connectivity index (χ1) is 11.7. The number of nitrogens with one attached hydrogen (secondary N) is 2. The molecule has 1 aliphatic rings. The van der Waals surface area contributed by atoms with E-state index >= 15 is 0 Å². The molecule has 0 spiro atoms. The highest BCUT2D eigenvalue weighted by Gasteiger charge is 2.23. The molecule has 6 heteroatoms. The first-order valence-corrected chi connectivity index (χ1v) is 7.85. The van der Waals surface area contributed by atoms with Crippen LogP contribution in [0, 0.1) is 0 Å². The molecule has 24 heavy (non-hydrogen) atoms. The van der Waals surface area contributed by atoms with E-state index in [4.69, 9.17) is 4.74 Å². The number of amides is 3. The maximum Gasteiger partial charge on any atom is 0.414 e. The van der Waals surface area contributed by atoms with Crippen molar-refractivity contribution in [2.45, 2.75) is 6.42 Å². The summed E-state index contributed by atoms with van der Waals surface area (Å²) in [4.78, 5) is 24.9. The molecule has 1 aliphatic heterocycles. The maximum absolute atomic E-state index is 11.9. The van der Waals surface area contributed by atoms with Gasteiger partial charge in [-0.1, -0.05) is 30.3 Å². The molecule has 0 aromatic heterocycles. The minimum absolute atomic E-state index is 0.251. The smallest absolute Gasteiger partial charge is 0.414 e. The van der Waals surface area contributed by atoms with Gasteiger partial charge >= 0.3 is 12.1 Å². The number of hydrogen-bond acceptors (Lipinski definition) is 3. The van der Waals surface area contributed by atoms with Crippen LogP contribution in [0.25, 0.3) is 0 Å². The second kappa shape index (κ2) is 7.50. The van der Waals surface area contributed by atoms with Crippen molar-refractivity contribution in [1.82, 2.24) is 5.32 Å². The van der Waals surface area contributed by atoms with Gasteiger partial charge in [0.2, 0.25) is 0 Å². The summed E-state index contributed by atoms with van der Waals surface area (Å²) in [5, 5.41) is 5.59. The number of carbonyl (C=O) groups is 2. The van der Waals surface area contributed by atoms with Gasteiger partial charge < -0.3 is 15.4 Å². The molecule has 0 unspecified atom stereocenters.